The Morgan fingerprint density at radius 3 is 2.54 bits per heavy atom. The van der Waals surface area contributed by atoms with E-state index in [1.165, 1.54) is 58.0 Å². The fraction of sp³-hybridized carbons (Fsp3) is 0.571. The molecule has 3 aromatic rings. The highest BCUT2D eigenvalue weighted by Gasteiger charge is 2.29. The van der Waals surface area contributed by atoms with Gasteiger partial charge in [-0.1, -0.05) is 24.2 Å². The number of amides is 1. The summed E-state index contributed by atoms with van der Waals surface area (Å²) >= 11 is 0. The molecule has 2 saturated heterocycles. The number of nitrogens with one attached hydrogen (secondary N) is 4. The normalized spacial score (nSPS) is 20.0. The van der Waals surface area contributed by atoms with Gasteiger partial charge in [0.2, 0.25) is 5.52 Å². The van der Waals surface area contributed by atoms with Crippen molar-refractivity contribution < 1.29 is 9.78 Å². The van der Waals surface area contributed by atoms with Crippen LogP contribution in [0, 0.1) is 6.92 Å². The number of nitrogens with zero attached hydrogens (tertiary/aromatic N) is 4. The van der Waals surface area contributed by atoms with Crippen molar-refractivity contribution in [2.24, 2.45) is 0 Å². The van der Waals surface area contributed by atoms with Gasteiger partial charge in [0.25, 0.3) is 5.91 Å². The van der Waals surface area contributed by atoms with Crippen LogP contribution in [0.3, 0.4) is 0 Å². The molecule has 0 unspecified atom stereocenters. The molecular weight excluding hydrogens is 464 g/mol. The number of aromatic amines is 2. The first-order chi connectivity index (χ1) is 18.1. The van der Waals surface area contributed by atoms with Crippen molar-refractivity contribution in [3.63, 3.8) is 0 Å². The van der Waals surface area contributed by atoms with Crippen LogP contribution in [0.25, 0.3) is 11.2 Å². The lowest BCUT2D eigenvalue weighted by Crippen LogP contribution is -2.45. The number of hydrogen-bond donors (Lipinski definition) is 3. The molecule has 196 valence electrons. The van der Waals surface area contributed by atoms with Crippen molar-refractivity contribution in [3.05, 3.63) is 35.7 Å². The third kappa shape index (κ3) is 5.28. The van der Waals surface area contributed by atoms with E-state index < -0.39 is 0 Å². The third-order valence-corrected chi connectivity index (χ3v) is 8.41. The second-order valence-electron chi connectivity index (χ2n) is 11.0. The molecule has 1 aromatic carbocycles. The average molecular weight is 504 g/mol. The van der Waals surface area contributed by atoms with Gasteiger partial charge in [-0.15, -0.1) is 0 Å². The second-order valence-corrected chi connectivity index (χ2v) is 11.0. The molecule has 4 N–H and O–H groups in total. The van der Waals surface area contributed by atoms with Crippen molar-refractivity contribution in [2.45, 2.75) is 76.8 Å². The summed E-state index contributed by atoms with van der Waals surface area (Å²) in [5.74, 6) is 1.49. The molecule has 1 amide bonds. The topological polar surface area (TPSA) is 103 Å². The van der Waals surface area contributed by atoms with Crippen LogP contribution < -0.4 is 15.6 Å². The first-order valence-corrected chi connectivity index (χ1v) is 14.1. The lowest BCUT2D eigenvalue weighted by molar-refractivity contribution is -0.347. The first-order valence-electron chi connectivity index (χ1n) is 14.1. The number of likely N-dealkylation sites (tertiary alicyclic amines) is 2. The summed E-state index contributed by atoms with van der Waals surface area (Å²) in [5, 5.41) is 7.02. The molecule has 2 aliphatic heterocycles. The zero-order valence-electron chi connectivity index (χ0n) is 21.9. The van der Waals surface area contributed by atoms with Crippen LogP contribution in [0.2, 0.25) is 0 Å². The molecular formula is C28H39N8O+. The molecule has 3 aliphatic rings. The van der Waals surface area contributed by atoms with E-state index >= 15 is 0 Å². The minimum Gasteiger partial charge on any atom is -0.364 e. The number of hydrogen-bond acceptors (Lipinski definition) is 6. The number of imidazole rings is 1. The average Bonchev–Trinajstić information content (AvgIpc) is 3.63. The standard InChI is InChI=1S/C28H38N8O/c1-19-17-20(27(37)36-15-11-22(12-16-36)35-13-5-6-14-35)9-10-23(19)32-28-33-25-24(29-18-30-25)26(34-28)31-21-7-3-2-4-8-21/h9-10,17-18,21-22H,2-8,11-16H2,1H3,(H3,29,30,31,32,33,34)/p+1. The molecule has 3 fully saturated rings. The first kappa shape index (κ1) is 24.2. The molecule has 0 radical (unpaired) electrons. The Morgan fingerprint density at radius 2 is 1.78 bits per heavy atom. The van der Waals surface area contributed by atoms with Gasteiger partial charge >= 0.3 is 11.6 Å². The number of rotatable bonds is 6. The van der Waals surface area contributed by atoms with E-state index in [2.05, 4.69) is 30.5 Å². The van der Waals surface area contributed by atoms with E-state index in [9.17, 15) is 4.79 Å². The van der Waals surface area contributed by atoms with Crippen LogP contribution in [-0.2, 0) is 0 Å². The number of fused-ring (bicyclic) bond motifs is 1. The Labute approximate surface area is 218 Å². The number of anilines is 3. The third-order valence-electron chi connectivity index (χ3n) is 8.41. The molecule has 0 bridgehead atoms. The predicted octanol–water partition coefficient (Wildman–Crippen LogP) is 4.27. The Kier molecular flexibility index (Phi) is 6.95. The summed E-state index contributed by atoms with van der Waals surface area (Å²) in [4.78, 5) is 33.8. The summed E-state index contributed by atoms with van der Waals surface area (Å²) in [6, 6.07) is 6.97. The predicted molar refractivity (Wildman–Crippen MR) is 145 cm³/mol. The van der Waals surface area contributed by atoms with E-state index in [-0.39, 0.29) is 5.91 Å². The summed E-state index contributed by atoms with van der Waals surface area (Å²) in [7, 11) is 0. The SMILES string of the molecule is Cc1cc(C(=O)N2CCC(N3CCCC3)CC2)ccc1Nc1nc(NC2CCCCC2)c2[nH]c[nH+]c2n1. The Bertz CT molecular complexity index is 1240. The Balaban J connectivity index is 1.13. The maximum absolute atomic E-state index is 13.3. The largest absolute Gasteiger partial charge is 0.364 e. The molecule has 0 spiro atoms. The summed E-state index contributed by atoms with van der Waals surface area (Å²) in [5.41, 5.74) is 4.31. The van der Waals surface area contributed by atoms with Crippen molar-refractivity contribution in [1.29, 1.82) is 0 Å². The van der Waals surface area contributed by atoms with Crippen LogP contribution in [0.15, 0.2) is 24.5 Å². The van der Waals surface area contributed by atoms with Crippen molar-refractivity contribution in [2.75, 3.05) is 36.8 Å². The highest BCUT2D eigenvalue weighted by molar-refractivity contribution is 5.95. The molecule has 6 rings (SSSR count). The lowest BCUT2D eigenvalue weighted by atomic mass is 9.95. The zero-order chi connectivity index (χ0) is 25.2. The summed E-state index contributed by atoms with van der Waals surface area (Å²) in [6.45, 7) is 6.17. The number of aromatic nitrogens is 4. The van der Waals surface area contributed by atoms with Gasteiger partial charge in [0.15, 0.2) is 12.1 Å². The lowest BCUT2D eigenvalue weighted by Gasteiger charge is -2.36. The second kappa shape index (κ2) is 10.7. The number of benzene rings is 1. The molecule has 2 aromatic heterocycles. The van der Waals surface area contributed by atoms with Gasteiger partial charge in [0.1, 0.15) is 0 Å². The minimum absolute atomic E-state index is 0.132. The van der Waals surface area contributed by atoms with Gasteiger partial charge in [0.05, 0.1) is 0 Å². The zero-order valence-corrected chi connectivity index (χ0v) is 21.9. The number of piperidine rings is 1. The maximum atomic E-state index is 13.3. The van der Waals surface area contributed by atoms with Gasteiger partial charge in [-0.3, -0.25) is 9.78 Å². The fourth-order valence-corrected chi connectivity index (χ4v) is 6.26. The van der Waals surface area contributed by atoms with Crippen LogP contribution in [0.1, 0.15) is 73.7 Å². The van der Waals surface area contributed by atoms with Gasteiger partial charge in [-0.25, -0.2) is 4.98 Å². The Hall–Kier alpha value is -3.20. The van der Waals surface area contributed by atoms with Crippen molar-refractivity contribution in [1.82, 2.24) is 24.8 Å². The highest BCUT2D eigenvalue weighted by atomic mass is 16.2. The monoisotopic (exact) mass is 503 g/mol. The number of carbonyl (C=O) groups is 1. The van der Waals surface area contributed by atoms with Gasteiger partial charge in [-0.05, 0) is 82.3 Å². The fourth-order valence-electron chi connectivity index (χ4n) is 6.26. The molecule has 9 nitrogen and oxygen atoms in total. The molecule has 1 aliphatic carbocycles. The van der Waals surface area contributed by atoms with Crippen molar-refractivity contribution in [3.8, 4) is 0 Å². The van der Waals surface area contributed by atoms with Crippen LogP contribution in [0.5, 0.6) is 0 Å². The minimum atomic E-state index is 0.132. The summed E-state index contributed by atoms with van der Waals surface area (Å²) in [6.07, 6.45) is 12.8. The smallest absolute Gasteiger partial charge is 0.307 e. The van der Waals surface area contributed by atoms with Crippen LogP contribution in [0.4, 0.5) is 17.5 Å². The molecule has 37 heavy (non-hydrogen) atoms. The van der Waals surface area contributed by atoms with Crippen molar-refractivity contribution >= 4 is 34.5 Å². The molecule has 1 saturated carbocycles. The maximum Gasteiger partial charge on any atom is 0.307 e. The quantitative estimate of drug-likeness (QED) is 0.464. The van der Waals surface area contributed by atoms with E-state index in [0.717, 1.165) is 59.7 Å². The van der Waals surface area contributed by atoms with E-state index in [1.54, 1.807) is 6.33 Å². The van der Waals surface area contributed by atoms with Gasteiger partial charge < -0.3 is 20.4 Å². The molecule has 0 atom stereocenters. The number of H-pyrrole nitrogens is 2. The highest BCUT2D eigenvalue weighted by Crippen LogP contribution is 2.27. The van der Waals surface area contributed by atoms with Gasteiger partial charge in [-0.2, -0.15) is 4.98 Å². The van der Waals surface area contributed by atoms with E-state index in [4.69, 9.17) is 4.98 Å². The Morgan fingerprint density at radius 1 is 1.00 bits per heavy atom. The number of carbonyl (C=O) groups excluding carboxylic acids is 1. The van der Waals surface area contributed by atoms with Crippen LogP contribution in [-0.4, -0.2) is 68.9 Å². The van der Waals surface area contributed by atoms with Crippen LogP contribution >= 0.6 is 0 Å². The molecule has 4 heterocycles. The van der Waals surface area contributed by atoms with E-state index in [1.807, 2.05) is 30.0 Å². The summed E-state index contributed by atoms with van der Waals surface area (Å²) < 4.78 is 0. The van der Waals surface area contributed by atoms with E-state index in [0.29, 0.717) is 18.0 Å². The van der Waals surface area contributed by atoms with Gasteiger partial charge in [0, 0.05) is 36.4 Å². The molecule has 9 heteroatoms. The number of aryl methyl sites for hydroxylation is 1.